The molecular formula is C13H22N2O3S. The lowest BCUT2D eigenvalue weighted by atomic mass is 9.94. The van der Waals surface area contributed by atoms with E-state index in [9.17, 15) is 13.7 Å². The normalized spacial score (nSPS) is 25.4. The molecule has 0 atom stereocenters. The van der Waals surface area contributed by atoms with Gasteiger partial charge in [0.25, 0.3) is 0 Å². The number of hydrogen-bond acceptors (Lipinski definition) is 4. The highest BCUT2D eigenvalue weighted by Crippen LogP contribution is 2.28. The Hall–Kier alpha value is -0.640. The molecule has 1 aliphatic carbocycles. The van der Waals surface area contributed by atoms with Crippen LogP contribution in [-0.4, -0.2) is 32.4 Å². The Labute approximate surface area is 115 Å². The minimum atomic E-state index is -3.42. The van der Waals surface area contributed by atoms with E-state index < -0.39 is 20.8 Å². The zero-order valence-corrected chi connectivity index (χ0v) is 12.0. The Balaban J connectivity index is 2.10. The highest BCUT2D eigenvalue weighted by atomic mass is 32.2. The van der Waals surface area contributed by atoms with Crippen molar-refractivity contribution < 1.29 is 13.2 Å². The molecule has 6 heteroatoms. The zero-order chi connectivity index (χ0) is 13.8. The second kappa shape index (κ2) is 6.21. The molecule has 5 nitrogen and oxygen atoms in total. The Bertz CT molecular complexity index is 427. The molecule has 1 N–H and O–H groups in total. The molecule has 0 spiro atoms. The summed E-state index contributed by atoms with van der Waals surface area (Å²) in [6.45, 7) is 0.982. The van der Waals surface area contributed by atoms with Crippen molar-refractivity contribution in [2.24, 2.45) is 0 Å². The molecule has 0 bridgehead atoms. The van der Waals surface area contributed by atoms with Crippen LogP contribution in [0.2, 0.25) is 0 Å². The number of nitriles is 1. The molecule has 0 unspecified atom stereocenters. The van der Waals surface area contributed by atoms with Gasteiger partial charge in [-0.05, 0) is 25.7 Å². The number of ether oxygens (including phenoxy) is 1. The molecule has 0 aromatic rings. The van der Waals surface area contributed by atoms with Crippen LogP contribution in [0.4, 0.5) is 0 Å². The van der Waals surface area contributed by atoms with E-state index in [2.05, 4.69) is 10.8 Å². The van der Waals surface area contributed by atoms with Crippen molar-refractivity contribution in [2.45, 2.75) is 62.2 Å². The number of rotatable bonds is 3. The van der Waals surface area contributed by atoms with E-state index in [0.717, 1.165) is 25.7 Å². The van der Waals surface area contributed by atoms with Crippen LogP contribution in [0.15, 0.2) is 0 Å². The summed E-state index contributed by atoms with van der Waals surface area (Å²) >= 11 is 0. The second-order valence-corrected chi connectivity index (χ2v) is 7.53. The fourth-order valence-electron chi connectivity index (χ4n) is 2.91. The monoisotopic (exact) mass is 286 g/mol. The molecule has 0 aromatic heterocycles. The minimum Gasteiger partial charge on any atom is -0.381 e. The third-order valence-corrected chi connectivity index (χ3v) is 6.14. The average Bonchev–Trinajstić information content (AvgIpc) is 2.65. The van der Waals surface area contributed by atoms with Gasteiger partial charge in [-0.15, -0.1) is 0 Å². The summed E-state index contributed by atoms with van der Waals surface area (Å²) in [7, 11) is -3.42. The summed E-state index contributed by atoms with van der Waals surface area (Å²) in [4.78, 5) is 0. The van der Waals surface area contributed by atoms with E-state index in [0.29, 0.717) is 38.9 Å². The van der Waals surface area contributed by atoms with Crippen LogP contribution in [0.1, 0.15) is 51.4 Å². The van der Waals surface area contributed by atoms with Crippen LogP contribution in [0.3, 0.4) is 0 Å². The van der Waals surface area contributed by atoms with Crippen LogP contribution in [0.25, 0.3) is 0 Å². The first-order valence-electron chi connectivity index (χ1n) is 7.10. The van der Waals surface area contributed by atoms with E-state index in [1.165, 1.54) is 0 Å². The molecule has 0 amide bonds. The SMILES string of the molecule is N#CC1(NS(=O)(=O)C2CCOCC2)CCCCCC1. The van der Waals surface area contributed by atoms with Crippen molar-refractivity contribution in [3.8, 4) is 6.07 Å². The van der Waals surface area contributed by atoms with Crippen molar-refractivity contribution in [3.63, 3.8) is 0 Å². The fraction of sp³-hybridized carbons (Fsp3) is 0.923. The van der Waals surface area contributed by atoms with Gasteiger partial charge in [0.15, 0.2) is 0 Å². The largest absolute Gasteiger partial charge is 0.381 e. The predicted molar refractivity (Wildman–Crippen MR) is 71.9 cm³/mol. The first-order valence-corrected chi connectivity index (χ1v) is 8.64. The summed E-state index contributed by atoms with van der Waals surface area (Å²) < 4.78 is 32.7. The number of hydrogen-bond donors (Lipinski definition) is 1. The van der Waals surface area contributed by atoms with Gasteiger partial charge in [-0.3, -0.25) is 0 Å². The smallest absolute Gasteiger partial charge is 0.216 e. The maximum absolute atomic E-state index is 12.4. The predicted octanol–water partition coefficient (Wildman–Crippen LogP) is 1.70. The number of sulfonamides is 1. The number of nitrogens with one attached hydrogen (secondary N) is 1. The third-order valence-electron chi connectivity index (χ3n) is 4.12. The van der Waals surface area contributed by atoms with E-state index in [1.54, 1.807) is 0 Å². The van der Waals surface area contributed by atoms with Gasteiger partial charge in [-0.2, -0.15) is 9.98 Å². The van der Waals surface area contributed by atoms with E-state index >= 15 is 0 Å². The van der Waals surface area contributed by atoms with Crippen molar-refractivity contribution in [2.75, 3.05) is 13.2 Å². The molecule has 1 heterocycles. The lowest BCUT2D eigenvalue weighted by molar-refractivity contribution is 0.0979. The molecule has 2 fully saturated rings. The van der Waals surface area contributed by atoms with Gasteiger partial charge < -0.3 is 4.74 Å². The maximum atomic E-state index is 12.4. The van der Waals surface area contributed by atoms with Crippen molar-refractivity contribution in [1.82, 2.24) is 4.72 Å². The van der Waals surface area contributed by atoms with Crippen LogP contribution in [-0.2, 0) is 14.8 Å². The summed E-state index contributed by atoms with van der Waals surface area (Å²) in [5.41, 5.74) is -0.881. The van der Waals surface area contributed by atoms with Gasteiger partial charge in [-0.25, -0.2) is 8.42 Å². The third kappa shape index (κ3) is 3.68. The summed E-state index contributed by atoms with van der Waals surface area (Å²) in [6, 6.07) is 2.23. The average molecular weight is 286 g/mol. The summed E-state index contributed by atoms with van der Waals surface area (Å²) in [6.07, 6.45) is 6.32. The van der Waals surface area contributed by atoms with Crippen LogP contribution in [0, 0.1) is 11.3 Å². The van der Waals surface area contributed by atoms with E-state index in [1.807, 2.05) is 0 Å². The molecular weight excluding hydrogens is 264 g/mol. The molecule has 19 heavy (non-hydrogen) atoms. The van der Waals surface area contributed by atoms with Crippen LogP contribution >= 0.6 is 0 Å². The van der Waals surface area contributed by atoms with Gasteiger partial charge in [-0.1, -0.05) is 25.7 Å². The van der Waals surface area contributed by atoms with Crippen molar-refractivity contribution in [1.29, 1.82) is 5.26 Å². The Morgan fingerprint density at radius 1 is 1.11 bits per heavy atom. The first-order chi connectivity index (χ1) is 9.08. The quantitative estimate of drug-likeness (QED) is 0.801. The fourth-order valence-corrected chi connectivity index (χ4v) is 4.68. The minimum absolute atomic E-state index is 0.408. The zero-order valence-electron chi connectivity index (χ0n) is 11.2. The second-order valence-electron chi connectivity index (χ2n) is 5.57. The highest BCUT2D eigenvalue weighted by molar-refractivity contribution is 7.90. The van der Waals surface area contributed by atoms with E-state index in [4.69, 9.17) is 4.74 Å². The molecule has 2 rings (SSSR count). The van der Waals surface area contributed by atoms with Gasteiger partial charge in [0.2, 0.25) is 10.0 Å². The summed E-state index contributed by atoms with van der Waals surface area (Å²) in [5.74, 6) is 0. The molecule has 1 saturated carbocycles. The molecule has 2 aliphatic rings. The van der Waals surface area contributed by atoms with E-state index in [-0.39, 0.29) is 0 Å². The van der Waals surface area contributed by atoms with Crippen LogP contribution < -0.4 is 4.72 Å². The van der Waals surface area contributed by atoms with Gasteiger partial charge >= 0.3 is 0 Å². The molecule has 1 saturated heterocycles. The molecule has 0 radical (unpaired) electrons. The van der Waals surface area contributed by atoms with Crippen molar-refractivity contribution in [3.05, 3.63) is 0 Å². The molecule has 108 valence electrons. The Morgan fingerprint density at radius 3 is 2.21 bits per heavy atom. The highest BCUT2D eigenvalue weighted by Gasteiger charge is 2.38. The standard InChI is InChI=1S/C13H22N2O3S/c14-11-13(7-3-1-2-4-8-13)15-19(16,17)12-5-9-18-10-6-12/h12,15H,1-10H2. The first kappa shape index (κ1) is 14.8. The van der Waals surface area contributed by atoms with Crippen LogP contribution in [0.5, 0.6) is 0 Å². The Morgan fingerprint density at radius 2 is 1.68 bits per heavy atom. The molecule has 0 aromatic carbocycles. The topological polar surface area (TPSA) is 79.2 Å². The maximum Gasteiger partial charge on any atom is 0.216 e. The summed E-state index contributed by atoms with van der Waals surface area (Å²) in [5, 5.41) is 9.02. The lowest BCUT2D eigenvalue weighted by Crippen LogP contribution is -2.51. The van der Waals surface area contributed by atoms with Gasteiger partial charge in [0.1, 0.15) is 5.54 Å². The number of nitrogens with zero attached hydrogens (tertiary/aromatic N) is 1. The lowest BCUT2D eigenvalue weighted by Gasteiger charge is -2.30. The van der Waals surface area contributed by atoms with Gasteiger partial charge in [0, 0.05) is 13.2 Å². The Kier molecular flexibility index (Phi) is 4.82. The van der Waals surface area contributed by atoms with Crippen molar-refractivity contribution >= 4 is 10.0 Å². The van der Waals surface area contributed by atoms with Gasteiger partial charge in [0.05, 0.1) is 11.3 Å². The molecule has 1 aliphatic heterocycles.